The van der Waals surface area contributed by atoms with Gasteiger partial charge in [-0.2, -0.15) is 0 Å². The van der Waals surface area contributed by atoms with Gasteiger partial charge in [0.15, 0.2) is 0 Å². The lowest BCUT2D eigenvalue weighted by atomic mass is 10.2. The highest BCUT2D eigenvalue weighted by Crippen LogP contribution is 2.16. The highest BCUT2D eigenvalue weighted by molar-refractivity contribution is 6.30. The number of amides is 1. The Balaban J connectivity index is 2.89. The molecule has 5 heteroatoms. The number of aliphatic hydroxyl groups is 1. The van der Waals surface area contributed by atoms with Gasteiger partial charge in [-0.25, -0.2) is 4.39 Å². The van der Waals surface area contributed by atoms with Gasteiger partial charge in [0.2, 0.25) is 0 Å². The molecule has 1 aromatic carbocycles. The van der Waals surface area contributed by atoms with Gasteiger partial charge in [-0.05, 0) is 31.5 Å². The molecule has 0 aliphatic carbocycles. The Labute approximate surface area is 105 Å². The van der Waals surface area contributed by atoms with Crippen molar-refractivity contribution < 1.29 is 14.3 Å². The lowest BCUT2D eigenvalue weighted by molar-refractivity contribution is 0.0749. The van der Waals surface area contributed by atoms with Crippen molar-refractivity contribution in [3.05, 3.63) is 34.6 Å². The van der Waals surface area contributed by atoms with Gasteiger partial charge in [0.1, 0.15) is 5.82 Å². The zero-order valence-corrected chi connectivity index (χ0v) is 10.4. The molecular weight excluding hydrogens is 245 g/mol. The largest absolute Gasteiger partial charge is 0.396 e. The number of nitrogens with zero attached hydrogens (tertiary/aromatic N) is 1. The first-order chi connectivity index (χ1) is 8.10. The molecule has 1 aromatic rings. The summed E-state index contributed by atoms with van der Waals surface area (Å²) >= 11 is 5.74. The molecule has 0 saturated heterocycles. The van der Waals surface area contributed by atoms with E-state index in [2.05, 4.69) is 0 Å². The van der Waals surface area contributed by atoms with Crippen LogP contribution in [-0.4, -0.2) is 35.6 Å². The standard InChI is InChI=1S/C12H15ClFNO2/c1-2-15(6-3-7-16)12(17)10-8-9(13)4-5-11(10)14/h4-5,8,16H,2-3,6-7H2,1H3. The Hall–Kier alpha value is -1.13. The summed E-state index contributed by atoms with van der Waals surface area (Å²) < 4.78 is 13.5. The lowest BCUT2D eigenvalue weighted by Gasteiger charge is -2.20. The summed E-state index contributed by atoms with van der Waals surface area (Å²) in [6.45, 7) is 2.67. The molecule has 1 amide bonds. The molecule has 94 valence electrons. The van der Waals surface area contributed by atoms with Crippen molar-refractivity contribution in [2.24, 2.45) is 0 Å². The average molecular weight is 260 g/mol. The van der Waals surface area contributed by atoms with Crippen molar-refractivity contribution in [3.8, 4) is 0 Å². The third-order valence-electron chi connectivity index (χ3n) is 2.41. The number of benzene rings is 1. The van der Waals surface area contributed by atoms with Gasteiger partial charge in [-0.1, -0.05) is 11.6 Å². The van der Waals surface area contributed by atoms with Gasteiger partial charge >= 0.3 is 0 Å². The quantitative estimate of drug-likeness (QED) is 0.882. The van der Waals surface area contributed by atoms with Gasteiger partial charge < -0.3 is 10.0 Å². The monoisotopic (exact) mass is 259 g/mol. The van der Waals surface area contributed by atoms with E-state index >= 15 is 0 Å². The fourth-order valence-corrected chi connectivity index (χ4v) is 1.67. The van der Waals surface area contributed by atoms with Crippen LogP contribution in [0.15, 0.2) is 18.2 Å². The summed E-state index contributed by atoms with van der Waals surface area (Å²) in [7, 11) is 0. The highest BCUT2D eigenvalue weighted by Gasteiger charge is 2.17. The predicted molar refractivity (Wildman–Crippen MR) is 64.7 cm³/mol. The summed E-state index contributed by atoms with van der Waals surface area (Å²) in [5.74, 6) is -0.984. The van der Waals surface area contributed by atoms with Crippen molar-refractivity contribution >= 4 is 17.5 Å². The van der Waals surface area contributed by atoms with Gasteiger partial charge in [0, 0.05) is 24.7 Å². The molecule has 1 N–H and O–H groups in total. The fourth-order valence-electron chi connectivity index (χ4n) is 1.50. The molecule has 0 spiro atoms. The van der Waals surface area contributed by atoms with E-state index in [1.165, 1.54) is 23.1 Å². The van der Waals surface area contributed by atoms with Crippen LogP contribution < -0.4 is 0 Å². The maximum Gasteiger partial charge on any atom is 0.256 e. The number of hydrogen-bond donors (Lipinski definition) is 1. The van der Waals surface area contributed by atoms with Gasteiger partial charge in [-0.15, -0.1) is 0 Å². The Bertz CT molecular complexity index is 398. The SMILES string of the molecule is CCN(CCCO)C(=O)c1cc(Cl)ccc1F. The number of halogens is 2. The number of carbonyl (C=O) groups excluding carboxylic acids is 1. The zero-order valence-electron chi connectivity index (χ0n) is 9.62. The summed E-state index contributed by atoms with van der Waals surface area (Å²) in [6.07, 6.45) is 0.474. The number of hydrogen-bond acceptors (Lipinski definition) is 2. The van der Waals surface area contributed by atoms with Crippen molar-refractivity contribution in [1.29, 1.82) is 0 Å². The molecule has 17 heavy (non-hydrogen) atoms. The number of carbonyl (C=O) groups is 1. The normalized spacial score (nSPS) is 10.4. The molecule has 0 saturated carbocycles. The molecule has 0 aliphatic rings. The number of aliphatic hydroxyl groups excluding tert-OH is 1. The summed E-state index contributed by atoms with van der Waals surface area (Å²) in [5.41, 5.74) is -0.0303. The Morgan fingerprint density at radius 1 is 1.53 bits per heavy atom. The summed E-state index contributed by atoms with van der Waals surface area (Å²) in [6, 6.07) is 3.90. The minimum atomic E-state index is -0.582. The third-order valence-corrected chi connectivity index (χ3v) is 2.65. The molecule has 0 heterocycles. The van der Waals surface area contributed by atoms with Crippen molar-refractivity contribution in [2.75, 3.05) is 19.7 Å². The Kier molecular flexibility index (Phi) is 5.38. The fraction of sp³-hybridized carbons (Fsp3) is 0.417. The topological polar surface area (TPSA) is 40.5 Å². The highest BCUT2D eigenvalue weighted by atomic mass is 35.5. The first kappa shape index (κ1) is 13.9. The van der Waals surface area contributed by atoms with E-state index in [1.807, 2.05) is 0 Å². The maximum atomic E-state index is 13.5. The molecular formula is C12H15ClFNO2. The third kappa shape index (κ3) is 3.68. The van der Waals surface area contributed by atoms with E-state index in [1.54, 1.807) is 6.92 Å². The van der Waals surface area contributed by atoms with E-state index in [0.717, 1.165) is 0 Å². The van der Waals surface area contributed by atoms with Crippen LogP contribution in [0.1, 0.15) is 23.7 Å². The van der Waals surface area contributed by atoms with Crippen molar-refractivity contribution in [2.45, 2.75) is 13.3 Å². The first-order valence-corrected chi connectivity index (χ1v) is 5.83. The molecule has 0 aliphatic heterocycles. The average Bonchev–Trinajstić information content (AvgIpc) is 2.33. The molecule has 1 rings (SSSR count). The second kappa shape index (κ2) is 6.57. The van der Waals surface area contributed by atoms with E-state index in [4.69, 9.17) is 16.7 Å². The van der Waals surface area contributed by atoms with Crippen molar-refractivity contribution in [1.82, 2.24) is 4.90 Å². The maximum absolute atomic E-state index is 13.5. The molecule has 0 fully saturated rings. The van der Waals surface area contributed by atoms with Crippen LogP contribution in [0.3, 0.4) is 0 Å². The minimum Gasteiger partial charge on any atom is -0.396 e. The van der Waals surface area contributed by atoms with Crippen molar-refractivity contribution in [3.63, 3.8) is 0 Å². The van der Waals surface area contributed by atoms with E-state index in [-0.39, 0.29) is 12.2 Å². The van der Waals surface area contributed by atoms with Crippen LogP contribution in [0.25, 0.3) is 0 Å². The summed E-state index contributed by atoms with van der Waals surface area (Å²) in [4.78, 5) is 13.5. The second-order valence-electron chi connectivity index (χ2n) is 3.59. The van der Waals surface area contributed by atoms with Crippen LogP contribution in [0.4, 0.5) is 4.39 Å². The van der Waals surface area contributed by atoms with Gasteiger partial charge in [-0.3, -0.25) is 4.79 Å². The van der Waals surface area contributed by atoms with E-state index in [0.29, 0.717) is 24.5 Å². The smallest absolute Gasteiger partial charge is 0.256 e. The van der Waals surface area contributed by atoms with Gasteiger partial charge in [0.05, 0.1) is 5.56 Å². The van der Waals surface area contributed by atoms with Gasteiger partial charge in [0.25, 0.3) is 5.91 Å². The minimum absolute atomic E-state index is 0.00179. The number of rotatable bonds is 5. The lowest BCUT2D eigenvalue weighted by Crippen LogP contribution is -2.32. The van der Waals surface area contributed by atoms with Crippen LogP contribution in [0, 0.1) is 5.82 Å². The van der Waals surface area contributed by atoms with Crippen LogP contribution >= 0.6 is 11.6 Å². The molecule has 0 radical (unpaired) electrons. The van der Waals surface area contributed by atoms with E-state index in [9.17, 15) is 9.18 Å². The molecule has 0 unspecified atom stereocenters. The zero-order chi connectivity index (χ0) is 12.8. The molecule has 3 nitrogen and oxygen atoms in total. The molecule has 0 aromatic heterocycles. The predicted octanol–water partition coefficient (Wildman–Crippen LogP) is 2.32. The van der Waals surface area contributed by atoms with E-state index < -0.39 is 11.7 Å². The summed E-state index contributed by atoms with van der Waals surface area (Å²) in [5, 5.41) is 9.06. The Morgan fingerprint density at radius 2 is 2.24 bits per heavy atom. The molecule has 0 atom stereocenters. The Morgan fingerprint density at radius 3 is 2.82 bits per heavy atom. The molecule has 0 bridgehead atoms. The van der Waals surface area contributed by atoms with Crippen LogP contribution in [0.5, 0.6) is 0 Å². The van der Waals surface area contributed by atoms with Crippen LogP contribution in [-0.2, 0) is 0 Å². The first-order valence-electron chi connectivity index (χ1n) is 5.45. The van der Waals surface area contributed by atoms with Crippen LogP contribution in [0.2, 0.25) is 5.02 Å². The second-order valence-corrected chi connectivity index (χ2v) is 4.02.